The third kappa shape index (κ3) is 6.45. The predicted octanol–water partition coefficient (Wildman–Crippen LogP) is 6.24. The van der Waals surface area contributed by atoms with E-state index in [9.17, 15) is 18.8 Å². The van der Waals surface area contributed by atoms with Gasteiger partial charge in [0.15, 0.2) is 5.78 Å². The Balaban J connectivity index is 0.000000604. The minimum atomic E-state index is -0.921. The third-order valence-corrected chi connectivity index (χ3v) is 8.42. The number of anilines is 1. The molecule has 7 nitrogen and oxygen atoms in total. The van der Waals surface area contributed by atoms with Crippen molar-refractivity contribution in [3.05, 3.63) is 29.0 Å². The molecule has 2 aliphatic rings. The summed E-state index contributed by atoms with van der Waals surface area (Å²) in [5.41, 5.74) is 0.723. The molecule has 1 N–H and O–H groups in total. The molecule has 1 aromatic carbocycles. The molecule has 2 amide bonds. The summed E-state index contributed by atoms with van der Waals surface area (Å²) in [6.07, 6.45) is 0.588. The number of ketones is 1. The number of nitrogens with one attached hydrogen (secondary N) is 1. The van der Waals surface area contributed by atoms with Crippen LogP contribution in [0, 0.1) is 28.5 Å². The number of carbonyl (C=O) groups is 3. The van der Waals surface area contributed by atoms with Crippen LogP contribution in [-0.2, 0) is 14.3 Å². The summed E-state index contributed by atoms with van der Waals surface area (Å²) in [5.74, 6) is -2.40. The van der Waals surface area contributed by atoms with Gasteiger partial charge in [0.1, 0.15) is 17.3 Å². The number of Topliss-reactive ketones (excluding diaryl/α,β-unsaturated/α-hetero) is 1. The SMILES string of the molecule is CC(C)(C)OC(=O)NN(C(=O)C1C(=O)[C@]2(C)CC[C@H]1C2(C)C)c1ccc(F)cc1Cl.CCN(CC)CC. The van der Waals surface area contributed by atoms with Crippen LogP contribution in [0.2, 0.25) is 5.02 Å². The smallest absolute Gasteiger partial charge is 0.427 e. The predicted molar refractivity (Wildman–Crippen MR) is 145 cm³/mol. The number of halogens is 2. The number of ether oxygens (including phenoxy) is 1. The number of amides is 2. The van der Waals surface area contributed by atoms with Gasteiger partial charge < -0.3 is 9.64 Å². The Kier molecular flexibility index (Phi) is 9.80. The molecule has 0 radical (unpaired) electrons. The average molecular weight is 540 g/mol. The van der Waals surface area contributed by atoms with Gasteiger partial charge in [0, 0.05) is 5.41 Å². The second kappa shape index (κ2) is 11.7. The fourth-order valence-electron chi connectivity index (χ4n) is 5.47. The Labute approximate surface area is 226 Å². The highest BCUT2D eigenvalue weighted by Gasteiger charge is 2.68. The van der Waals surface area contributed by atoms with Gasteiger partial charge in [-0.1, -0.05) is 53.1 Å². The van der Waals surface area contributed by atoms with E-state index in [-0.39, 0.29) is 27.8 Å². The minimum absolute atomic E-state index is 0.0690. The molecule has 1 unspecified atom stereocenters. The van der Waals surface area contributed by atoms with Crippen molar-refractivity contribution in [2.75, 3.05) is 24.6 Å². The van der Waals surface area contributed by atoms with E-state index >= 15 is 0 Å². The van der Waals surface area contributed by atoms with Crippen LogP contribution >= 0.6 is 11.6 Å². The number of rotatable bonds is 5. The fourth-order valence-corrected chi connectivity index (χ4v) is 5.72. The molecule has 2 saturated carbocycles. The number of nitrogens with zero attached hydrogens (tertiary/aromatic N) is 2. The zero-order valence-electron chi connectivity index (χ0n) is 23.7. The summed E-state index contributed by atoms with van der Waals surface area (Å²) in [5, 5.41) is 0.860. The van der Waals surface area contributed by atoms with Gasteiger partial charge in [-0.2, -0.15) is 0 Å². The van der Waals surface area contributed by atoms with Crippen molar-refractivity contribution in [3.63, 3.8) is 0 Å². The van der Waals surface area contributed by atoms with Gasteiger partial charge in [0.25, 0.3) is 5.91 Å². The van der Waals surface area contributed by atoms with Crippen LogP contribution in [0.25, 0.3) is 0 Å². The molecule has 9 heteroatoms. The van der Waals surface area contributed by atoms with Crippen LogP contribution < -0.4 is 10.4 Å². The van der Waals surface area contributed by atoms with Crippen molar-refractivity contribution >= 4 is 35.1 Å². The van der Waals surface area contributed by atoms with E-state index in [1.54, 1.807) is 20.8 Å². The molecule has 0 aromatic heterocycles. The third-order valence-electron chi connectivity index (χ3n) is 8.11. The summed E-state index contributed by atoms with van der Waals surface area (Å²) in [6.45, 7) is 21.1. The maximum atomic E-state index is 13.6. The highest BCUT2D eigenvalue weighted by molar-refractivity contribution is 6.34. The second-order valence-corrected chi connectivity index (χ2v) is 12.0. The lowest BCUT2D eigenvalue weighted by Crippen LogP contribution is -2.53. The Morgan fingerprint density at radius 2 is 1.70 bits per heavy atom. The van der Waals surface area contributed by atoms with E-state index in [0.717, 1.165) is 30.0 Å². The second-order valence-electron chi connectivity index (χ2n) is 11.5. The number of hydrogen-bond acceptors (Lipinski definition) is 5. The first-order chi connectivity index (χ1) is 17.0. The minimum Gasteiger partial charge on any atom is -0.443 e. The maximum Gasteiger partial charge on any atom is 0.427 e. The number of hydrogen-bond donors (Lipinski definition) is 1. The van der Waals surface area contributed by atoms with Gasteiger partial charge in [-0.15, -0.1) is 0 Å². The molecule has 3 rings (SSSR count). The molecule has 2 bridgehead atoms. The first kappa shape index (κ1) is 31.0. The lowest BCUT2D eigenvalue weighted by atomic mass is 9.70. The van der Waals surface area contributed by atoms with Crippen molar-refractivity contribution in [2.24, 2.45) is 22.7 Å². The van der Waals surface area contributed by atoms with Gasteiger partial charge in [-0.3, -0.25) is 9.59 Å². The molecule has 0 heterocycles. The summed E-state index contributed by atoms with van der Waals surface area (Å²) >= 11 is 6.18. The van der Waals surface area contributed by atoms with Crippen LogP contribution in [0.1, 0.15) is 75.2 Å². The molecule has 1 aromatic rings. The van der Waals surface area contributed by atoms with Crippen LogP contribution in [0.15, 0.2) is 18.2 Å². The Bertz CT molecular complexity index is 1000. The van der Waals surface area contributed by atoms with Crippen molar-refractivity contribution in [1.29, 1.82) is 0 Å². The number of fused-ring (bicyclic) bond motifs is 2. The van der Waals surface area contributed by atoms with Crippen LogP contribution in [0.3, 0.4) is 0 Å². The topological polar surface area (TPSA) is 79.0 Å². The van der Waals surface area contributed by atoms with Crippen molar-refractivity contribution in [2.45, 2.75) is 80.8 Å². The van der Waals surface area contributed by atoms with E-state index in [0.29, 0.717) is 0 Å². The van der Waals surface area contributed by atoms with Crippen LogP contribution in [-0.4, -0.2) is 47.9 Å². The van der Waals surface area contributed by atoms with E-state index in [4.69, 9.17) is 16.3 Å². The van der Waals surface area contributed by atoms with Crippen LogP contribution in [0.5, 0.6) is 0 Å². The molecule has 2 aliphatic carbocycles. The lowest BCUT2D eigenvalue weighted by molar-refractivity contribution is -0.138. The van der Waals surface area contributed by atoms with Gasteiger partial charge in [-0.25, -0.2) is 19.6 Å². The first-order valence-electron chi connectivity index (χ1n) is 13.1. The molecule has 0 spiro atoms. The largest absolute Gasteiger partial charge is 0.443 e. The molecular weight excluding hydrogens is 497 g/mol. The van der Waals surface area contributed by atoms with Crippen molar-refractivity contribution in [1.82, 2.24) is 10.3 Å². The highest BCUT2D eigenvalue weighted by Crippen LogP contribution is 2.66. The zero-order valence-corrected chi connectivity index (χ0v) is 24.5. The number of hydrazine groups is 1. The van der Waals surface area contributed by atoms with E-state index in [1.807, 2.05) is 20.8 Å². The summed E-state index contributed by atoms with van der Waals surface area (Å²) in [6, 6.07) is 3.46. The molecule has 0 aliphatic heterocycles. The quantitative estimate of drug-likeness (QED) is 0.354. The van der Waals surface area contributed by atoms with E-state index in [1.165, 1.54) is 25.7 Å². The Hall–Kier alpha value is -2.19. The Morgan fingerprint density at radius 1 is 1.14 bits per heavy atom. The molecule has 2 fully saturated rings. The molecular formula is C28H43ClFN3O4. The molecule has 208 valence electrons. The summed E-state index contributed by atoms with van der Waals surface area (Å²) in [7, 11) is 0. The van der Waals surface area contributed by atoms with E-state index in [2.05, 4.69) is 31.1 Å². The fraction of sp³-hybridized carbons (Fsp3) is 0.679. The zero-order chi connectivity index (χ0) is 28.3. The van der Waals surface area contributed by atoms with Crippen LogP contribution in [0.4, 0.5) is 14.9 Å². The van der Waals surface area contributed by atoms with Gasteiger partial charge >= 0.3 is 6.09 Å². The molecule has 0 saturated heterocycles. The number of carbonyl (C=O) groups excluding carboxylic acids is 3. The highest BCUT2D eigenvalue weighted by atomic mass is 35.5. The van der Waals surface area contributed by atoms with Gasteiger partial charge in [0.05, 0.1) is 10.7 Å². The standard InChI is InChI=1S/C22H28ClFN2O4.C6H15N/c1-20(2,3)30-19(29)25-26(15-8-7-12(24)11-14(15)23)18(28)16-13-9-10-22(6,17(16)27)21(13,4)5;1-4-7(5-2)6-3/h7-8,11,13,16H,9-10H2,1-6H3,(H,25,29);4-6H2,1-3H3/t13-,16?,22+;/m1./s1. The maximum absolute atomic E-state index is 13.6. The number of benzene rings is 1. The first-order valence-corrected chi connectivity index (χ1v) is 13.5. The summed E-state index contributed by atoms with van der Waals surface area (Å²) in [4.78, 5) is 41.7. The van der Waals surface area contributed by atoms with Gasteiger partial charge in [-0.05, 0) is 82.8 Å². The Morgan fingerprint density at radius 3 is 2.11 bits per heavy atom. The summed E-state index contributed by atoms with van der Waals surface area (Å²) < 4.78 is 18.9. The van der Waals surface area contributed by atoms with Crippen molar-refractivity contribution in [3.8, 4) is 0 Å². The van der Waals surface area contributed by atoms with Crippen molar-refractivity contribution < 1.29 is 23.5 Å². The van der Waals surface area contributed by atoms with E-state index < -0.39 is 34.8 Å². The lowest BCUT2D eigenvalue weighted by Gasteiger charge is -2.32. The monoisotopic (exact) mass is 539 g/mol. The molecule has 37 heavy (non-hydrogen) atoms. The normalized spacial score (nSPS) is 23.9. The average Bonchev–Trinajstić information content (AvgIpc) is 3.10. The van der Waals surface area contributed by atoms with Gasteiger partial charge in [0.2, 0.25) is 0 Å². The molecule has 3 atom stereocenters.